The lowest BCUT2D eigenvalue weighted by Gasteiger charge is -2.00. The molecule has 0 aromatic heterocycles. The molecule has 0 amide bonds. The predicted octanol–water partition coefficient (Wildman–Crippen LogP) is 3.00. The third-order valence-electron chi connectivity index (χ3n) is 1.76. The molecule has 0 bridgehead atoms. The van der Waals surface area contributed by atoms with Crippen LogP contribution in [-0.2, 0) is 0 Å². The Hall–Kier alpha value is -1.20. The Morgan fingerprint density at radius 3 is 3.00 bits per heavy atom. The maximum absolute atomic E-state index is 11.1. The highest BCUT2D eigenvalue weighted by Gasteiger charge is 2.00. The molecule has 0 aliphatic carbocycles. The molecule has 1 rings (SSSR count). The van der Waals surface area contributed by atoms with Crippen LogP contribution < -0.4 is 0 Å². The van der Waals surface area contributed by atoms with Crippen molar-refractivity contribution in [3.63, 3.8) is 0 Å². The summed E-state index contributed by atoms with van der Waals surface area (Å²) in [5, 5.41) is 0. The Labute approximate surface area is 88.9 Å². The summed E-state index contributed by atoms with van der Waals surface area (Å²) in [6.45, 7) is 1.57. The van der Waals surface area contributed by atoms with Gasteiger partial charge in [0.05, 0.1) is 0 Å². The Kier molecular flexibility index (Phi) is 4.28. The van der Waals surface area contributed by atoms with Crippen molar-refractivity contribution in [2.45, 2.75) is 18.2 Å². The van der Waals surface area contributed by atoms with Gasteiger partial charge in [-0.1, -0.05) is 12.1 Å². The average Bonchev–Trinajstić information content (AvgIpc) is 2.19. The molecular weight excluding hydrogens is 192 g/mol. The largest absolute Gasteiger partial charge is 0.295 e. The van der Waals surface area contributed by atoms with Gasteiger partial charge in [-0.3, -0.25) is 4.79 Å². The Bertz CT molecular complexity index is 363. The van der Waals surface area contributed by atoms with Gasteiger partial charge in [-0.2, -0.15) is 0 Å². The summed E-state index contributed by atoms with van der Waals surface area (Å²) in [6, 6.07) is 7.62. The third-order valence-corrected chi connectivity index (χ3v) is 2.75. The average molecular weight is 204 g/mol. The molecule has 0 aliphatic heterocycles. The highest BCUT2D eigenvalue weighted by atomic mass is 32.2. The van der Waals surface area contributed by atoms with Crippen LogP contribution in [-0.4, -0.2) is 11.5 Å². The summed E-state index contributed by atoms with van der Waals surface area (Å²) in [5.41, 5.74) is 0.760. The van der Waals surface area contributed by atoms with Crippen molar-refractivity contribution < 1.29 is 4.79 Å². The normalized spacial score (nSPS) is 9.43. The van der Waals surface area contributed by atoms with Crippen molar-refractivity contribution in [2.24, 2.45) is 0 Å². The number of carbonyl (C=O) groups is 1. The van der Waals surface area contributed by atoms with Gasteiger partial charge in [-0.25, -0.2) is 0 Å². The van der Waals surface area contributed by atoms with E-state index in [0.29, 0.717) is 0 Å². The molecule has 72 valence electrons. The highest BCUT2D eigenvalue weighted by Crippen LogP contribution is 2.19. The van der Waals surface area contributed by atoms with E-state index in [1.54, 1.807) is 18.7 Å². The van der Waals surface area contributed by atoms with E-state index < -0.39 is 0 Å². The summed E-state index contributed by atoms with van der Waals surface area (Å²) >= 11 is 1.68. The number of benzene rings is 1. The zero-order chi connectivity index (χ0) is 10.4. The maximum atomic E-state index is 11.1. The van der Waals surface area contributed by atoms with E-state index in [1.165, 1.54) is 0 Å². The first kappa shape index (κ1) is 10.9. The van der Waals surface area contributed by atoms with Crippen LogP contribution in [0.15, 0.2) is 29.2 Å². The van der Waals surface area contributed by atoms with E-state index in [9.17, 15) is 4.79 Å². The number of Topliss-reactive ketones (excluding diaryl/α,β-unsaturated/α-hetero) is 1. The lowest BCUT2D eigenvalue weighted by atomic mass is 10.2. The number of hydrogen-bond donors (Lipinski definition) is 0. The monoisotopic (exact) mass is 204 g/mol. The standard InChI is InChI=1S/C12H12OS/c1-3-4-8-14-12-7-5-6-11(9-12)10(2)13/h1,5-7,9H,4,8H2,2H3. The van der Waals surface area contributed by atoms with Crippen molar-refractivity contribution in [3.05, 3.63) is 29.8 Å². The molecule has 0 N–H and O–H groups in total. The number of thioether (sulfide) groups is 1. The SMILES string of the molecule is C#CCCSc1cccc(C(C)=O)c1. The number of carbonyl (C=O) groups excluding carboxylic acids is 1. The molecule has 1 nitrogen and oxygen atoms in total. The first-order valence-electron chi connectivity index (χ1n) is 4.41. The van der Waals surface area contributed by atoms with E-state index in [2.05, 4.69) is 5.92 Å². The van der Waals surface area contributed by atoms with E-state index in [-0.39, 0.29) is 5.78 Å². The van der Waals surface area contributed by atoms with Crippen LogP contribution in [0.25, 0.3) is 0 Å². The molecule has 0 radical (unpaired) electrons. The van der Waals surface area contributed by atoms with Gasteiger partial charge in [0, 0.05) is 22.6 Å². The number of terminal acetylenes is 1. The molecule has 2 heteroatoms. The van der Waals surface area contributed by atoms with Crippen molar-refractivity contribution in [1.82, 2.24) is 0 Å². The van der Waals surface area contributed by atoms with Gasteiger partial charge in [-0.15, -0.1) is 24.1 Å². The molecule has 1 aromatic rings. The number of rotatable bonds is 4. The van der Waals surface area contributed by atoms with Crippen LogP contribution in [0.4, 0.5) is 0 Å². The van der Waals surface area contributed by atoms with Crippen molar-refractivity contribution in [3.8, 4) is 12.3 Å². The van der Waals surface area contributed by atoms with Crippen LogP contribution in [0.1, 0.15) is 23.7 Å². The van der Waals surface area contributed by atoms with E-state index in [0.717, 1.165) is 22.6 Å². The Morgan fingerprint density at radius 1 is 1.57 bits per heavy atom. The fourth-order valence-corrected chi connectivity index (χ4v) is 1.87. The van der Waals surface area contributed by atoms with Gasteiger partial charge in [0.2, 0.25) is 0 Å². The predicted molar refractivity (Wildman–Crippen MR) is 60.6 cm³/mol. The molecule has 0 aliphatic rings. The van der Waals surface area contributed by atoms with Crippen LogP contribution >= 0.6 is 11.8 Å². The number of hydrogen-bond acceptors (Lipinski definition) is 2. The molecule has 0 spiro atoms. The van der Waals surface area contributed by atoms with Gasteiger partial charge < -0.3 is 0 Å². The molecule has 14 heavy (non-hydrogen) atoms. The van der Waals surface area contributed by atoms with Gasteiger partial charge in [-0.05, 0) is 19.1 Å². The van der Waals surface area contributed by atoms with Crippen LogP contribution in [0.5, 0.6) is 0 Å². The molecule has 0 saturated heterocycles. The van der Waals surface area contributed by atoms with Gasteiger partial charge in [0.25, 0.3) is 0 Å². The molecule has 0 unspecified atom stereocenters. The minimum absolute atomic E-state index is 0.101. The molecule has 0 atom stereocenters. The zero-order valence-corrected chi connectivity index (χ0v) is 8.93. The fraction of sp³-hybridized carbons (Fsp3) is 0.250. The molecule has 0 fully saturated rings. The second kappa shape index (κ2) is 5.51. The summed E-state index contributed by atoms with van der Waals surface area (Å²) in [6.07, 6.45) is 5.91. The summed E-state index contributed by atoms with van der Waals surface area (Å²) in [4.78, 5) is 12.2. The zero-order valence-electron chi connectivity index (χ0n) is 8.12. The fourth-order valence-electron chi connectivity index (χ4n) is 1.03. The van der Waals surface area contributed by atoms with Crippen LogP contribution in [0.3, 0.4) is 0 Å². The van der Waals surface area contributed by atoms with Gasteiger partial charge in [0.15, 0.2) is 5.78 Å². The van der Waals surface area contributed by atoms with E-state index >= 15 is 0 Å². The first-order chi connectivity index (χ1) is 6.74. The molecule has 1 aromatic carbocycles. The lowest BCUT2D eigenvalue weighted by Crippen LogP contribution is -1.91. The van der Waals surface area contributed by atoms with Gasteiger partial charge in [0.1, 0.15) is 0 Å². The summed E-state index contributed by atoms with van der Waals surface area (Å²) < 4.78 is 0. The smallest absolute Gasteiger partial charge is 0.159 e. The van der Waals surface area contributed by atoms with E-state index in [1.807, 2.05) is 24.3 Å². The topological polar surface area (TPSA) is 17.1 Å². The first-order valence-corrected chi connectivity index (χ1v) is 5.40. The van der Waals surface area contributed by atoms with Crippen molar-refractivity contribution in [1.29, 1.82) is 0 Å². The van der Waals surface area contributed by atoms with Crippen molar-refractivity contribution in [2.75, 3.05) is 5.75 Å². The van der Waals surface area contributed by atoms with Gasteiger partial charge >= 0.3 is 0 Å². The molecule has 0 heterocycles. The minimum atomic E-state index is 0.101. The summed E-state index contributed by atoms with van der Waals surface area (Å²) in [5.74, 6) is 3.59. The minimum Gasteiger partial charge on any atom is -0.295 e. The van der Waals surface area contributed by atoms with Crippen LogP contribution in [0.2, 0.25) is 0 Å². The molecular formula is C12H12OS. The van der Waals surface area contributed by atoms with Crippen molar-refractivity contribution >= 4 is 17.5 Å². The third kappa shape index (κ3) is 3.27. The molecule has 0 saturated carbocycles. The Balaban J connectivity index is 2.65. The quantitative estimate of drug-likeness (QED) is 0.324. The van der Waals surface area contributed by atoms with Crippen LogP contribution in [0, 0.1) is 12.3 Å². The second-order valence-corrected chi connectivity index (χ2v) is 4.05. The number of ketones is 1. The summed E-state index contributed by atoms with van der Waals surface area (Å²) in [7, 11) is 0. The van der Waals surface area contributed by atoms with E-state index in [4.69, 9.17) is 6.42 Å². The second-order valence-electron chi connectivity index (χ2n) is 2.89. The highest BCUT2D eigenvalue weighted by molar-refractivity contribution is 7.99. The lowest BCUT2D eigenvalue weighted by molar-refractivity contribution is 0.101. The maximum Gasteiger partial charge on any atom is 0.159 e. The Morgan fingerprint density at radius 2 is 2.36 bits per heavy atom.